The van der Waals surface area contributed by atoms with Gasteiger partial charge in [0.1, 0.15) is 11.5 Å². The van der Waals surface area contributed by atoms with Crippen LogP contribution in [0.4, 0.5) is 11.4 Å². The number of anilines is 2. The fraction of sp³-hybridized carbons (Fsp3) is 0.333. The first-order chi connectivity index (χ1) is 9.55. The molecule has 0 bridgehead atoms. The van der Waals surface area contributed by atoms with Gasteiger partial charge in [0.2, 0.25) is 0 Å². The minimum atomic E-state index is 0.00380. The topological polar surface area (TPSA) is 69.7 Å². The third kappa shape index (κ3) is 2.82. The summed E-state index contributed by atoms with van der Waals surface area (Å²) in [6, 6.07) is 7.45. The summed E-state index contributed by atoms with van der Waals surface area (Å²) in [6.07, 6.45) is 0. The molecular formula is C15H20N2O3. The highest BCUT2D eigenvalue weighted by Crippen LogP contribution is 2.36. The lowest BCUT2D eigenvalue weighted by molar-refractivity contribution is 0.355. The van der Waals surface area contributed by atoms with Gasteiger partial charge in [-0.2, -0.15) is 0 Å². The molecule has 1 unspecified atom stereocenters. The maximum Gasteiger partial charge on any atom is 0.162 e. The fourth-order valence-electron chi connectivity index (χ4n) is 2.01. The molecule has 2 rings (SSSR count). The maximum atomic E-state index is 6.02. The second kappa shape index (κ2) is 5.77. The molecule has 0 fully saturated rings. The van der Waals surface area contributed by atoms with Crippen molar-refractivity contribution in [2.75, 3.05) is 25.3 Å². The van der Waals surface area contributed by atoms with E-state index in [0.29, 0.717) is 17.2 Å². The first-order valence-electron chi connectivity index (χ1n) is 6.39. The van der Waals surface area contributed by atoms with E-state index >= 15 is 0 Å². The van der Waals surface area contributed by atoms with Crippen molar-refractivity contribution in [2.45, 2.75) is 19.9 Å². The van der Waals surface area contributed by atoms with Crippen molar-refractivity contribution < 1.29 is 13.9 Å². The Morgan fingerprint density at radius 3 is 2.35 bits per heavy atom. The number of nitrogens with two attached hydrogens (primary N) is 1. The van der Waals surface area contributed by atoms with E-state index in [2.05, 4.69) is 5.32 Å². The molecule has 0 spiro atoms. The van der Waals surface area contributed by atoms with Crippen molar-refractivity contribution in [3.05, 3.63) is 35.8 Å². The van der Waals surface area contributed by atoms with Gasteiger partial charge in [-0.15, -0.1) is 0 Å². The Hall–Kier alpha value is -2.30. The summed E-state index contributed by atoms with van der Waals surface area (Å²) in [7, 11) is 3.18. The average molecular weight is 276 g/mol. The molecule has 1 atom stereocenters. The van der Waals surface area contributed by atoms with Crippen molar-refractivity contribution in [1.29, 1.82) is 0 Å². The van der Waals surface area contributed by atoms with Crippen LogP contribution in [0, 0.1) is 6.92 Å². The third-order valence-corrected chi connectivity index (χ3v) is 3.12. The Bertz CT molecular complexity index is 593. The molecule has 108 valence electrons. The molecule has 5 heteroatoms. The van der Waals surface area contributed by atoms with Gasteiger partial charge >= 0.3 is 0 Å². The molecule has 1 aromatic carbocycles. The fourth-order valence-corrected chi connectivity index (χ4v) is 2.01. The quantitative estimate of drug-likeness (QED) is 0.819. The van der Waals surface area contributed by atoms with Crippen LogP contribution in [0.2, 0.25) is 0 Å². The van der Waals surface area contributed by atoms with E-state index in [9.17, 15) is 0 Å². The van der Waals surface area contributed by atoms with Gasteiger partial charge in [-0.1, -0.05) is 0 Å². The molecule has 0 saturated heterocycles. The number of nitrogen functional groups attached to an aromatic ring is 1. The van der Waals surface area contributed by atoms with Crippen LogP contribution in [-0.4, -0.2) is 14.2 Å². The van der Waals surface area contributed by atoms with Gasteiger partial charge in [0.25, 0.3) is 0 Å². The number of methoxy groups -OCH3 is 2. The van der Waals surface area contributed by atoms with Gasteiger partial charge in [0.05, 0.1) is 31.6 Å². The van der Waals surface area contributed by atoms with E-state index in [-0.39, 0.29) is 6.04 Å². The molecule has 20 heavy (non-hydrogen) atoms. The van der Waals surface area contributed by atoms with Gasteiger partial charge < -0.3 is 24.9 Å². The molecule has 1 heterocycles. The molecule has 0 amide bonds. The smallest absolute Gasteiger partial charge is 0.162 e. The molecule has 2 aromatic rings. The highest BCUT2D eigenvalue weighted by Gasteiger charge is 2.14. The number of ether oxygens (including phenoxy) is 2. The Balaban J connectivity index is 2.24. The zero-order chi connectivity index (χ0) is 14.7. The minimum Gasteiger partial charge on any atom is -0.493 e. The molecule has 1 aromatic heterocycles. The van der Waals surface area contributed by atoms with E-state index in [1.165, 1.54) is 0 Å². The second-order valence-corrected chi connectivity index (χ2v) is 4.61. The number of rotatable bonds is 5. The summed E-state index contributed by atoms with van der Waals surface area (Å²) < 4.78 is 16.1. The van der Waals surface area contributed by atoms with Crippen LogP contribution in [0.25, 0.3) is 0 Å². The lowest BCUT2D eigenvalue weighted by Gasteiger charge is -2.17. The number of hydrogen-bond acceptors (Lipinski definition) is 5. The summed E-state index contributed by atoms with van der Waals surface area (Å²) in [4.78, 5) is 0. The summed E-state index contributed by atoms with van der Waals surface area (Å²) in [6.45, 7) is 3.93. The monoisotopic (exact) mass is 276 g/mol. The minimum absolute atomic E-state index is 0.00380. The number of hydrogen-bond donors (Lipinski definition) is 2. The number of benzene rings is 1. The molecule has 0 aliphatic carbocycles. The Kier molecular flexibility index (Phi) is 4.08. The van der Waals surface area contributed by atoms with Crippen molar-refractivity contribution in [3.63, 3.8) is 0 Å². The maximum absolute atomic E-state index is 6.02. The van der Waals surface area contributed by atoms with Crippen molar-refractivity contribution in [3.8, 4) is 11.5 Å². The number of nitrogens with one attached hydrogen (secondary N) is 1. The molecule has 0 saturated carbocycles. The van der Waals surface area contributed by atoms with E-state index in [0.717, 1.165) is 17.2 Å². The third-order valence-electron chi connectivity index (χ3n) is 3.12. The zero-order valence-corrected chi connectivity index (χ0v) is 12.2. The summed E-state index contributed by atoms with van der Waals surface area (Å²) in [5.41, 5.74) is 7.40. The van der Waals surface area contributed by atoms with Crippen LogP contribution in [0.15, 0.2) is 28.7 Å². The van der Waals surface area contributed by atoms with Crippen LogP contribution in [0.5, 0.6) is 11.5 Å². The molecule has 3 N–H and O–H groups in total. The molecule has 0 aliphatic rings. The van der Waals surface area contributed by atoms with Crippen LogP contribution in [0.1, 0.15) is 24.5 Å². The average Bonchev–Trinajstić information content (AvgIpc) is 2.87. The normalized spacial score (nSPS) is 12.0. The van der Waals surface area contributed by atoms with Crippen molar-refractivity contribution in [2.24, 2.45) is 0 Å². The lowest BCUT2D eigenvalue weighted by atomic mass is 10.2. The zero-order valence-electron chi connectivity index (χ0n) is 12.2. The first kappa shape index (κ1) is 14.1. The largest absolute Gasteiger partial charge is 0.493 e. The van der Waals surface area contributed by atoms with Crippen molar-refractivity contribution in [1.82, 2.24) is 0 Å². The van der Waals surface area contributed by atoms with Crippen LogP contribution in [-0.2, 0) is 0 Å². The standard InChI is InChI=1S/C15H20N2O3/c1-9-5-6-13(20-9)10(2)17-12-8-15(19-4)14(18-3)7-11(12)16/h5-8,10,17H,16H2,1-4H3. The number of aryl methyl sites for hydroxylation is 1. The van der Waals surface area contributed by atoms with E-state index in [1.807, 2.05) is 32.0 Å². The molecular weight excluding hydrogens is 256 g/mol. The van der Waals surface area contributed by atoms with E-state index in [4.69, 9.17) is 19.6 Å². The van der Waals surface area contributed by atoms with Crippen LogP contribution in [0.3, 0.4) is 0 Å². The second-order valence-electron chi connectivity index (χ2n) is 4.61. The van der Waals surface area contributed by atoms with Crippen LogP contribution >= 0.6 is 0 Å². The molecule has 0 aliphatic heterocycles. The molecule has 5 nitrogen and oxygen atoms in total. The SMILES string of the molecule is COc1cc(N)c(NC(C)c2ccc(C)o2)cc1OC. The molecule has 0 radical (unpaired) electrons. The lowest BCUT2D eigenvalue weighted by Crippen LogP contribution is -2.08. The van der Waals surface area contributed by atoms with Crippen molar-refractivity contribution >= 4 is 11.4 Å². The Morgan fingerprint density at radius 1 is 1.15 bits per heavy atom. The first-order valence-corrected chi connectivity index (χ1v) is 6.39. The highest BCUT2D eigenvalue weighted by atomic mass is 16.5. The Morgan fingerprint density at radius 2 is 1.80 bits per heavy atom. The van der Waals surface area contributed by atoms with E-state index < -0.39 is 0 Å². The predicted molar refractivity (Wildman–Crippen MR) is 79.4 cm³/mol. The van der Waals surface area contributed by atoms with E-state index in [1.54, 1.807) is 20.3 Å². The highest BCUT2D eigenvalue weighted by molar-refractivity contribution is 5.72. The Labute approximate surface area is 118 Å². The van der Waals surface area contributed by atoms with Crippen LogP contribution < -0.4 is 20.5 Å². The summed E-state index contributed by atoms with van der Waals surface area (Å²) >= 11 is 0. The summed E-state index contributed by atoms with van der Waals surface area (Å²) in [5, 5.41) is 3.31. The predicted octanol–water partition coefficient (Wildman–Crippen LogP) is 3.36. The van der Waals surface area contributed by atoms with Gasteiger partial charge in [-0.25, -0.2) is 0 Å². The van der Waals surface area contributed by atoms with Gasteiger partial charge in [0, 0.05) is 12.1 Å². The van der Waals surface area contributed by atoms with Gasteiger partial charge in [-0.05, 0) is 26.0 Å². The van der Waals surface area contributed by atoms with Gasteiger partial charge in [0.15, 0.2) is 11.5 Å². The summed E-state index contributed by atoms with van der Waals surface area (Å²) in [5.74, 6) is 2.98. The number of furan rings is 1. The van der Waals surface area contributed by atoms with Gasteiger partial charge in [-0.3, -0.25) is 0 Å².